The topological polar surface area (TPSA) is 208 Å². The molecule has 6 fully saturated rings. The maximum atomic E-state index is 12.0. The number of fused-ring (bicyclic) bond motifs is 5. The van der Waals surface area contributed by atoms with Gasteiger partial charge in [0.2, 0.25) is 0 Å². The molecule has 13 nitrogen and oxygen atoms in total. The summed E-state index contributed by atoms with van der Waals surface area (Å²) in [6.07, 6.45) is -3.89. The minimum atomic E-state index is -1.72. The Bertz CT molecular complexity index is 1440. The van der Waals surface area contributed by atoms with Crippen LogP contribution >= 0.6 is 0 Å². The van der Waals surface area contributed by atoms with Gasteiger partial charge in [-0.15, -0.1) is 0 Å². The van der Waals surface area contributed by atoms with Gasteiger partial charge < -0.3 is 64.5 Å². The highest BCUT2D eigenvalue weighted by atomic mass is 16.7. The van der Waals surface area contributed by atoms with Gasteiger partial charge in [0, 0.05) is 16.2 Å². The summed E-state index contributed by atoms with van der Waals surface area (Å²) < 4.78 is 31.0. The molecule has 0 aromatic rings. The summed E-state index contributed by atoms with van der Waals surface area (Å²) >= 11 is 0. The molecule has 4 aliphatic carbocycles. The number of aliphatic hydroxyl groups excluding tert-OH is 8. The molecule has 7 aliphatic rings. The van der Waals surface area contributed by atoms with Crippen LogP contribution in [-0.4, -0.2) is 140 Å². The minimum absolute atomic E-state index is 0.0397. The standard InChI is InChI=1S/C42H70O13/c1-22-28(46)33(55-34-31(49)30(48)29(47)23(18-43)53-34)32(50)35(52-22)54-27-11-12-37(5)24(38(27,6)20-44)9-13-39(7)25(37)10-14-42-19-41(21-51-42,16-15-36(2,3)4)26(45)17-40(39,42)8/h10,14,22-35,43-50H,9,11-13,15-21H2,1-8H3. The van der Waals surface area contributed by atoms with Gasteiger partial charge in [-0.25, -0.2) is 0 Å². The van der Waals surface area contributed by atoms with E-state index >= 15 is 0 Å². The third kappa shape index (κ3) is 6.27. The zero-order valence-electron chi connectivity index (χ0n) is 34.1. The number of allylic oxidation sites excluding steroid dienone is 1. The second-order valence-corrected chi connectivity index (χ2v) is 21.0. The number of ether oxygens (including phenoxy) is 5. The summed E-state index contributed by atoms with van der Waals surface area (Å²) in [5.74, 6) is 0.195. The molecular weight excluding hydrogens is 712 g/mol. The zero-order chi connectivity index (χ0) is 40.3. The van der Waals surface area contributed by atoms with Gasteiger partial charge in [0.15, 0.2) is 12.6 Å². The van der Waals surface area contributed by atoms with Crippen LogP contribution in [0.5, 0.6) is 0 Å². The lowest BCUT2D eigenvalue weighted by Gasteiger charge is -2.71. The molecule has 3 saturated heterocycles. The van der Waals surface area contributed by atoms with E-state index in [1.807, 2.05) is 0 Å². The molecule has 3 aliphatic heterocycles. The first kappa shape index (κ1) is 42.3. The molecule has 7 rings (SSSR count). The molecule has 0 amide bonds. The van der Waals surface area contributed by atoms with E-state index in [1.165, 1.54) is 0 Å². The van der Waals surface area contributed by atoms with E-state index in [0.717, 1.165) is 38.5 Å². The molecule has 8 N–H and O–H groups in total. The van der Waals surface area contributed by atoms with Crippen LogP contribution in [0.15, 0.2) is 12.2 Å². The fourth-order valence-electron chi connectivity index (χ4n) is 13.0. The molecule has 2 bridgehead atoms. The Balaban J connectivity index is 1.11. The van der Waals surface area contributed by atoms with Crippen LogP contribution in [0.4, 0.5) is 0 Å². The van der Waals surface area contributed by atoms with Gasteiger partial charge in [-0.3, -0.25) is 0 Å². The van der Waals surface area contributed by atoms with Crippen molar-refractivity contribution in [3.63, 3.8) is 0 Å². The molecule has 0 aromatic carbocycles. The Hall–Kier alpha value is -0.780. The predicted molar refractivity (Wildman–Crippen MR) is 199 cm³/mol. The molecule has 316 valence electrons. The molecule has 1 spiro atoms. The molecule has 55 heavy (non-hydrogen) atoms. The lowest BCUT2D eigenvalue weighted by Crippen LogP contribution is -2.70. The summed E-state index contributed by atoms with van der Waals surface area (Å²) in [5, 5.41) is 86.7. The first-order chi connectivity index (χ1) is 25.6. The van der Waals surface area contributed by atoms with E-state index in [0.29, 0.717) is 19.4 Å². The number of hydrogen-bond acceptors (Lipinski definition) is 13. The van der Waals surface area contributed by atoms with Crippen molar-refractivity contribution in [1.82, 2.24) is 0 Å². The van der Waals surface area contributed by atoms with Crippen LogP contribution in [0.25, 0.3) is 0 Å². The molecule has 13 heteroatoms. The lowest BCUT2D eigenvalue weighted by atomic mass is 9.34. The Labute approximate surface area is 326 Å². The maximum absolute atomic E-state index is 12.0. The molecule has 0 aromatic heterocycles. The van der Waals surface area contributed by atoms with Crippen molar-refractivity contribution in [2.24, 2.45) is 44.3 Å². The summed E-state index contributed by atoms with van der Waals surface area (Å²) in [6.45, 7) is 17.3. The molecule has 20 unspecified atom stereocenters. The third-order valence-corrected chi connectivity index (χ3v) is 16.8. The maximum Gasteiger partial charge on any atom is 0.187 e. The number of aliphatic hydroxyl groups is 8. The number of rotatable bonds is 8. The summed E-state index contributed by atoms with van der Waals surface area (Å²) in [4.78, 5) is 0. The van der Waals surface area contributed by atoms with Crippen LogP contribution in [0.2, 0.25) is 0 Å². The second kappa shape index (κ2) is 14.2. The molecule has 3 heterocycles. The monoisotopic (exact) mass is 782 g/mol. The average molecular weight is 783 g/mol. The Morgan fingerprint density at radius 1 is 0.818 bits per heavy atom. The van der Waals surface area contributed by atoms with E-state index in [2.05, 4.69) is 60.6 Å². The van der Waals surface area contributed by atoms with Gasteiger partial charge >= 0.3 is 0 Å². The van der Waals surface area contributed by atoms with Gasteiger partial charge in [0.1, 0.15) is 42.7 Å². The van der Waals surface area contributed by atoms with E-state index in [1.54, 1.807) is 6.92 Å². The van der Waals surface area contributed by atoms with Crippen molar-refractivity contribution in [3.8, 4) is 0 Å². The van der Waals surface area contributed by atoms with Gasteiger partial charge in [-0.05, 0) is 86.4 Å². The SMILES string of the molecule is CC1OC(OC2CCC3(C)C(CCC4(C)C3C=CC35CC(CCC(C)(C)C)(CO3)C(O)CC54C)C2(C)CO)C(O)C(OC2OC(CO)C(O)C(O)C2O)C1O. The summed E-state index contributed by atoms with van der Waals surface area (Å²) in [6, 6.07) is 0. The normalized spacial score (nSPS) is 56.4. The first-order valence-electron chi connectivity index (χ1n) is 20.8. The molecule has 20 atom stereocenters. The highest BCUT2D eigenvalue weighted by molar-refractivity contribution is 5.33. The highest BCUT2D eigenvalue weighted by Crippen LogP contribution is 2.76. The van der Waals surface area contributed by atoms with E-state index in [9.17, 15) is 40.9 Å². The van der Waals surface area contributed by atoms with Crippen molar-refractivity contribution in [3.05, 3.63) is 12.2 Å². The van der Waals surface area contributed by atoms with E-state index in [-0.39, 0.29) is 45.5 Å². The van der Waals surface area contributed by atoms with Crippen LogP contribution in [0, 0.1) is 44.3 Å². The fraction of sp³-hybridized carbons (Fsp3) is 0.952. The fourth-order valence-corrected chi connectivity index (χ4v) is 13.0. The predicted octanol–water partition coefficient (Wildman–Crippen LogP) is 2.17. The molecular formula is C42H70O13. The van der Waals surface area contributed by atoms with Crippen LogP contribution < -0.4 is 0 Å². The third-order valence-electron chi connectivity index (χ3n) is 16.8. The number of hydrogen-bond donors (Lipinski definition) is 8. The smallest absolute Gasteiger partial charge is 0.187 e. The van der Waals surface area contributed by atoms with Gasteiger partial charge in [-0.2, -0.15) is 0 Å². The van der Waals surface area contributed by atoms with Gasteiger partial charge in [-0.1, -0.05) is 60.6 Å². The van der Waals surface area contributed by atoms with Crippen molar-refractivity contribution in [2.75, 3.05) is 19.8 Å². The Kier molecular flexibility index (Phi) is 10.9. The van der Waals surface area contributed by atoms with E-state index < -0.39 is 91.2 Å². The van der Waals surface area contributed by atoms with Crippen molar-refractivity contribution < 1.29 is 64.5 Å². The van der Waals surface area contributed by atoms with Crippen LogP contribution in [-0.2, 0) is 23.7 Å². The van der Waals surface area contributed by atoms with E-state index in [4.69, 9.17) is 23.7 Å². The molecule has 3 saturated carbocycles. The highest BCUT2D eigenvalue weighted by Gasteiger charge is 2.75. The van der Waals surface area contributed by atoms with Crippen molar-refractivity contribution in [2.45, 2.75) is 186 Å². The zero-order valence-corrected chi connectivity index (χ0v) is 34.1. The lowest BCUT2D eigenvalue weighted by molar-refractivity contribution is -0.367. The average Bonchev–Trinajstić information content (AvgIpc) is 3.48. The van der Waals surface area contributed by atoms with Gasteiger partial charge in [0.25, 0.3) is 0 Å². The first-order valence-corrected chi connectivity index (χ1v) is 20.8. The van der Waals surface area contributed by atoms with Crippen molar-refractivity contribution in [1.29, 1.82) is 0 Å². The second-order valence-electron chi connectivity index (χ2n) is 21.0. The van der Waals surface area contributed by atoms with Crippen LogP contribution in [0.1, 0.15) is 107 Å². The quantitative estimate of drug-likeness (QED) is 0.131. The minimum Gasteiger partial charge on any atom is -0.396 e. The van der Waals surface area contributed by atoms with Gasteiger partial charge in [0.05, 0.1) is 43.7 Å². The summed E-state index contributed by atoms with van der Waals surface area (Å²) in [7, 11) is 0. The Morgan fingerprint density at radius 3 is 2.16 bits per heavy atom. The molecule has 0 radical (unpaired) electrons. The van der Waals surface area contributed by atoms with Crippen LogP contribution in [0.3, 0.4) is 0 Å². The van der Waals surface area contributed by atoms with Crippen molar-refractivity contribution >= 4 is 0 Å². The largest absolute Gasteiger partial charge is 0.396 e. The summed E-state index contributed by atoms with van der Waals surface area (Å²) in [5.41, 5.74) is -1.95. The Morgan fingerprint density at radius 2 is 1.51 bits per heavy atom.